The van der Waals surface area contributed by atoms with Crippen molar-refractivity contribution >= 4 is 11.7 Å². The van der Waals surface area contributed by atoms with Crippen LogP contribution in [0.2, 0.25) is 0 Å². The van der Waals surface area contributed by atoms with E-state index in [2.05, 4.69) is 20.8 Å². The van der Waals surface area contributed by atoms with Crippen LogP contribution in [-0.4, -0.2) is 16.2 Å². The molecule has 6 heteroatoms. The van der Waals surface area contributed by atoms with E-state index >= 15 is 0 Å². The third-order valence-corrected chi connectivity index (χ3v) is 4.03. The third-order valence-electron chi connectivity index (χ3n) is 4.03. The number of carbonyl (C=O) groups excluding carboxylic acids is 1. The average molecular weight is 336 g/mol. The highest BCUT2D eigenvalue weighted by Crippen LogP contribution is 2.22. The molecule has 1 atom stereocenters. The minimum atomic E-state index is -0.293. The monoisotopic (exact) mass is 336 g/mol. The number of pyridine rings is 1. The van der Waals surface area contributed by atoms with Crippen molar-refractivity contribution in [3.8, 4) is 11.1 Å². The minimum absolute atomic E-state index is 0.136. The zero-order valence-corrected chi connectivity index (χ0v) is 14.4. The predicted molar refractivity (Wildman–Crippen MR) is 96.2 cm³/mol. The van der Waals surface area contributed by atoms with Crippen LogP contribution < -0.4 is 10.6 Å². The lowest BCUT2D eigenvalue weighted by molar-refractivity contribution is 0.249. The number of rotatable bonds is 4. The highest BCUT2D eigenvalue weighted by atomic mass is 16.5. The van der Waals surface area contributed by atoms with Crippen LogP contribution in [0.25, 0.3) is 11.1 Å². The Balaban J connectivity index is 1.65. The first kappa shape index (κ1) is 16.7. The standard InChI is InChI=1S/C19H20N4O2/c1-12(21-19(24)22-18-13(2)23-25-14(18)3)15-6-8-16(9-7-15)17-5-4-10-20-11-17/h4-12H,1-3H3,(H2,21,22,24). The summed E-state index contributed by atoms with van der Waals surface area (Å²) in [5, 5.41) is 9.52. The zero-order chi connectivity index (χ0) is 17.8. The molecule has 0 saturated carbocycles. The Bertz CT molecular complexity index is 837. The predicted octanol–water partition coefficient (Wildman–Crippen LogP) is 4.24. The molecule has 0 aliphatic heterocycles. The molecule has 0 fully saturated rings. The number of benzene rings is 1. The number of nitrogens with zero attached hydrogens (tertiary/aromatic N) is 2. The molecule has 6 nitrogen and oxygen atoms in total. The summed E-state index contributed by atoms with van der Waals surface area (Å²) in [4.78, 5) is 16.3. The topological polar surface area (TPSA) is 80.0 Å². The highest BCUT2D eigenvalue weighted by Gasteiger charge is 2.14. The van der Waals surface area contributed by atoms with Crippen LogP contribution in [0, 0.1) is 13.8 Å². The Labute approximate surface area is 146 Å². The molecule has 128 valence electrons. The van der Waals surface area contributed by atoms with E-state index in [9.17, 15) is 4.79 Å². The Morgan fingerprint density at radius 1 is 1.12 bits per heavy atom. The Morgan fingerprint density at radius 2 is 1.88 bits per heavy atom. The van der Waals surface area contributed by atoms with E-state index < -0.39 is 0 Å². The van der Waals surface area contributed by atoms with Gasteiger partial charge < -0.3 is 15.2 Å². The molecule has 2 amide bonds. The van der Waals surface area contributed by atoms with E-state index in [0.717, 1.165) is 16.7 Å². The smallest absolute Gasteiger partial charge is 0.319 e. The normalized spacial score (nSPS) is 11.8. The Morgan fingerprint density at radius 3 is 2.48 bits per heavy atom. The van der Waals surface area contributed by atoms with Crippen molar-refractivity contribution in [1.82, 2.24) is 15.5 Å². The van der Waals surface area contributed by atoms with Gasteiger partial charge in [-0.15, -0.1) is 0 Å². The van der Waals surface area contributed by atoms with E-state index in [1.165, 1.54) is 0 Å². The zero-order valence-electron chi connectivity index (χ0n) is 14.4. The average Bonchev–Trinajstić information content (AvgIpc) is 2.94. The van der Waals surface area contributed by atoms with Gasteiger partial charge in [-0.05, 0) is 43.5 Å². The maximum absolute atomic E-state index is 12.2. The van der Waals surface area contributed by atoms with Crippen LogP contribution in [0.15, 0.2) is 53.3 Å². The summed E-state index contributed by atoms with van der Waals surface area (Å²) in [5.41, 5.74) is 4.43. The molecule has 2 heterocycles. The fraction of sp³-hybridized carbons (Fsp3) is 0.211. The van der Waals surface area contributed by atoms with Crippen molar-refractivity contribution in [1.29, 1.82) is 0 Å². The maximum Gasteiger partial charge on any atom is 0.319 e. The van der Waals surface area contributed by atoms with Crippen LogP contribution in [0.5, 0.6) is 0 Å². The molecule has 0 aliphatic rings. The van der Waals surface area contributed by atoms with Gasteiger partial charge in [-0.1, -0.05) is 35.5 Å². The van der Waals surface area contributed by atoms with Crippen molar-refractivity contribution < 1.29 is 9.32 Å². The van der Waals surface area contributed by atoms with Gasteiger partial charge in [0.1, 0.15) is 11.4 Å². The first-order valence-corrected chi connectivity index (χ1v) is 8.05. The molecule has 1 unspecified atom stereocenters. The van der Waals surface area contributed by atoms with E-state index in [-0.39, 0.29) is 12.1 Å². The van der Waals surface area contributed by atoms with Crippen molar-refractivity contribution in [2.24, 2.45) is 0 Å². The fourth-order valence-corrected chi connectivity index (χ4v) is 2.59. The summed E-state index contributed by atoms with van der Waals surface area (Å²) in [6, 6.07) is 11.6. The quantitative estimate of drug-likeness (QED) is 0.747. The van der Waals surface area contributed by atoms with Gasteiger partial charge in [-0.2, -0.15) is 0 Å². The lowest BCUT2D eigenvalue weighted by Gasteiger charge is -2.15. The number of aromatic nitrogens is 2. The van der Waals surface area contributed by atoms with Gasteiger partial charge in [0.2, 0.25) is 0 Å². The van der Waals surface area contributed by atoms with Gasteiger partial charge in [0.15, 0.2) is 5.76 Å². The van der Waals surface area contributed by atoms with E-state index in [1.807, 2.05) is 49.5 Å². The van der Waals surface area contributed by atoms with Crippen LogP contribution >= 0.6 is 0 Å². The molecule has 3 aromatic rings. The number of nitrogens with one attached hydrogen (secondary N) is 2. The number of aryl methyl sites for hydroxylation is 2. The second-order valence-corrected chi connectivity index (χ2v) is 5.88. The second-order valence-electron chi connectivity index (χ2n) is 5.88. The number of hydrogen-bond acceptors (Lipinski definition) is 4. The molecular weight excluding hydrogens is 316 g/mol. The van der Waals surface area contributed by atoms with Crippen LogP contribution in [-0.2, 0) is 0 Å². The fourth-order valence-electron chi connectivity index (χ4n) is 2.59. The van der Waals surface area contributed by atoms with Crippen molar-refractivity contribution in [2.45, 2.75) is 26.8 Å². The first-order chi connectivity index (χ1) is 12.0. The van der Waals surface area contributed by atoms with Crippen LogP contribution in [0.4, 0.5) is 10.5 Å². The van der Waals surface area contributed by atoms with Crippen LogP contribution in [0.3, 0.4) is 0 Å². The number of carbonyl (C=O) groups is 1. The molecule has 0 aliphatic carbocycles. The number of anilines is 1. The van der Waals surface area contributed by atoms with E-state index in [0.29, 0.717) is 17.1 Å². The lowest BCUT2D eigenvalue weighted by atomic mass is 10.0. The molecule has 0 bridgehead atoms. The van der Waals surface area contributed by atoms with Gasteiger partial charge in [0.25, 0.3) is 0 Å². The van der Waals surface area contributed by atoms with Crippen molar-refractivity contribution in [2.75, 3.05) is 5.32 Å². The molecule has 2 N–H and O–H groups in total. The summed E-state index contributed by atoms with van der Waals surface area (Å²) in [6.45, 7) is 5.48. The number of amides is 2. The molecule has 3 rings (SSSR count). The van der Waals surface area contributed by atoms with Gasteiger partial charge in [-0.3, -0.25) is 4.98 Å². The number of hydrogen-bond donors (Lipinski definition) is 2. The number of urea groups is 1. The highest BCUT2D eigenvalue weighted by molar-refractivity contribution is 5.90. The van der Waals surface area contributed by atoms with Crippen molar-refractivity contribution in [3.63, 3.8) is 0 Å². The van der Waals surface area contributed by atoms with Gasteiger partial charge in [0, 0.05) is 12.4 Å². The largest absolute Gasteiger partial charge is 0.359 e. The maximum atomic E-state index is 12.2. The summed E-state index contributed by atoms with van der Waals surface area (Å²) >= 11 is 0. The van der Waals surface area contributed by atoms with E-state index in [4.69, 9.17) is 4.52 Å². The third kappa shape index (κ3) is 3.85. The molecule has 1 aromatic carbocycles. The van der Waals surface area contributed by atoms with Crippen molar-refractivity contribution in [3.05, 3.63) is 65.8 Å². The summed E-state index contributed by atoms with van der Waals surface area (Å²) in [6.07, 6.45) is 3.58. The summed E-state index contributed by atoms with van der Waals surface area (Å²) in [5.74, 6) is 0.584. The van der Waals surface area contributed by atoms with E-state index in [1.54, 1.807) is 20.0 Å². The molecular formula is C19H20N4O2. The summed E-state index contributed by atoms with van der Waals surface area (Å²) < 4.78 is 5.04. The second kappa shape index (κ2) is 7.17. The van der Waals surface area contributed by atoms with Gasteiger partial charge in [-0.25, -0.2) is 4.79 Å². The molecule has 0 spiro atoms. The SMILES string of the molecule is Cc1noc(C)c1NC(=O)NC(C)c1ccc(-c2cccnc2)cc1. The summed E-state index contributed by atoms with van der Waals surface area (Å²) in [7, 11) is 0. The first-order valence-electron chi connectivity index (χ1n) is 8.05. The van der Waals surface area contributed by atoms with Crippen LogP contribution in [0.1, 0.15) is 30.0 Å². The molecule has 25 heavy (non-hydrogen) atoms. The Kier molecular flexibility index (Phi) is 4.79. The minimum Gasteiger partial charge on any atom is -0.359 e. The Hall–Kier alpha value is -3.15. The molecule has 2 aromatic heterocycles. The van der Waals surface area contributed by atoms with Gasteiger partial charge >= 0.3 is 6.03 Å². The lowest BCUT2D eigenvalue weighted by Crippen LogP contribution is -2.31. The van der Waals surface area contributed by atoms with Gasteiger partial charge in [0.05, 0.1) is 6.04 Å². The molecule has 0 radical (unpaired) electrons. The molecule has 0 saturated heterocycles.